The second kappa shape index (κ2) is 24.9. The molecule has 4 atom stereocenters. The minimum absolute atomic E-state index is 0.00260. The van der Waals surface area contributed by atoms with E-state index in [1.807, 2.05) is 98.6 Å². The van der Waals surface area contributed by atoms with Gasteiger partial charge in [-0.05, 0) is 136 Å². The SMILES string of the molecule is Cc1c(-c2ccc(N3CCc4cccc(C(=O)Nc5nc6ccccc6s5)c4C3)nc2C(=O)O)cnn1CC1(C)CC2(C)CC(C)CC(OCCN(CCCCC(=O)CCCCCNC(=O)CI)CCS(=O)(=O)O)(C2)C1. The number of anilines is 2. The average molecular weight is 1190 g/mol. The van der Waals surface area contributed by atoms with Crippen molar-refractivity contribution in [1.29, 1.82) is 0 Å². The van der Waals surface area contributed by atoms with Gasteiger partial charge in [-0.3, -0.25) is 33.8 Å². The Labute approximate surface area is 464 Å². The third kappa shape index (κ3) is 14.8. The summed E-state index contributed by atoms with van der Waals surface area (Å²) in [6.07, 6.45) is 11.9. The molecule has 4 N–H and O–H groups in total. The van der Waals surface area contributed by atoms with Gasteiger partial charge >= 0.3 is 5.97 Å². The zero-order chi connectivity index (χ0) is 54.3. The smallest absolute Gasteiger partial charge is 0.355 e. The first-order valence-corrected chi connectivity index (χ1v) is 30.6. The molecule has 2 aromatic carbocycles. The Kier molecular flexibility index (Phi) is 18.7. The van der Waals surface area contributed by atoms with Crippen molar-refractivity contribution in [3.05, 3.63) is 88.9 Å². The van der Waals surface area contributed by atoms with Crippen LogP contribution in [0.25, 0.3) is 21.3 Å². The van der Waals surface area contributed by atoms with Gasteiger partial charge in [0.15, 0.2) is 10.8 Å². The third-order valence-corrected chi connectivity index (χ3v) is 17.9. The number of nitrogens with one attached hydrogen (secondary N) is 2. The van der Waals surface area contributed by atoms with Crippen LogP contribution < -0.4 is 15.5 Å². The maximum absolute atomic E-state index is 13.7. The molecule has 410 valence electrons. The minimum Gasteiger partial charge on any atom is -0.476 e. The maximum atomic E-state index is 13.7. The number of carbonyl (C=O) groups excluding carboxylic acids is 3. The quantitative estimate of drug-likeness (QED) is 0.0175. The van der Waals surface area contributed by atoms with Crippen LogP contribution in [0.5, 0.6) is 0 Å². The number of pyridine rings is 1. The molecule has 2 fully saturated rings. The van der Waals surface area contributed by atoms with Crippen LogP contribution in [0.2, 0.25) is 0 Å². The highest BCUT2D eigenvalue weighted by atomic mass is 127. The van der Waals surface area contributed by atoms with E-state index in [-0.39, 0.29) is 46.4 Å². The highest BCUT2D eigenvalue weighted by molar-refractivity contribution is 14.1. The van der Waals surface area contributed by atoms with Crippen molar-refractivity contribution in [3.63, 3.8) is 0 Å². The molecule has 2 saturated carbocycles. The molecule has 4 unspecified atom stereocenters. The molecular formula is C56H73IN8O9S2. The van der Waals surface area contributed by atoms with Crippen molar-refractivity contribution in [2.24, 2.45) is 16.7 Å². The van der Waals surface area contributed by atoms with Gasteiger partial charge in [-0.1, -0.05) is 85.4 Å². The zero-order valence-corrected chi connectivity index (χ0v) is 48.0. The summed E-state index contributed by atoms with van der Waals surface area (Å²) in [5.74, 6) is -0.603. The van der Waals surface area contributed by atoms with Crippen LogP contribution >= 0.6 is 33.9 Å². The van der Waals surface area contributed by atoms with E-state index in [1.54, 1.807) is 6.20 Å². The molecule has 2 bridgehead atoms. The molecule has 1 aliphatic heterocycles. The number of nitrogens with zero attached hydrogens (tertiary/aromatic N) is 6. The summed E-state index contributed by atoms with van der Waals surface area (Å²) in [6, 6.07) is 17.2. The second-order valence-corrected chi connectivity index (χ2v) is 25.7. The summed E-state index contributed by atoms with van der Waals surface area (Å²) >= 11 is 3.45. The van der Waals surface area contributed by atoms with Crippen molar-refractivity contribution in [3.8, 4) is 11.1 Å². The molecule has 3 aliphatic rings. The largest absolute Gasteiger partial charge is 0.476 e. The Morgan fingerprint density at radius 1 is 0.921 bits per heavy atom. The molecule has 3 aromatic heterocycles. The fourth-order valence-electron chi connectivity index (χ4n) is 12.9. The van der Waals surface area contributed by atoms with Crippen LogP contribution in [0.3, 0.4) is 0 Å². The van der Waals surface area contributed by atoms with Crippen LogP contribution in [-0.2, 0) is 44.0 Å². The average Bonchev–Trinajstić information content (AvgIpc) is 3.97. The lowest BCUT2D eigenvalue weighted by Crippen LogP contribution is -2.55. The van der Waals surface area contributed by atoms with E-state index in [4.69, 9.17) is 14.8 Å². The molecule has 0 saturated heterocycles. The fraction of sp³-hybridized carbons (Fsp3) is 0.554. The van der Waals surface area contributed by atoms with Crippen LogP contribution in [-0.4, -0.2) is 121 Å². The summed E-state index contributed by atoms with van der Waals surface area (Å²) in [5, 5.41) is 21.9. The number of ether oxygens (including phenoxy) is 1. The predicted octanol–water partition coefficient (Wildman–Crippen LogP) is 9.80. The molecule has 0 spiro atoms. The van der Waals surface area contributed by atoms with E-state index in [0.717, 1.165) is 78.4 Å². The Balaban J connectivity index is 0.903. The lowest BCUT2D eigenvalue weighted by Gasteiger charge is -2.59. The third-order valence-electron chi connectivity index (χ3n) is 15.5. The highest BCUT2D eigenvalue weighted by Gasteiger charge is 2.55. The number of rotatable bonds is 26. The molecule has 2 aliphatic carbocycles. The summed E-state index contributed by atoms with van der Waals surface area (Å²) in [4.78, 5) is 64.2. The van der Waals surface area contributed by atoms with Gasteiger partial charge in [-0.15, -0.1) is 0 Å². The standard InChI is InChI=1S/C56H73IN8O9S2/c1-38-29-54(3)34-55(4,36-56(30-38,35-54)74-27-25-63(26-28-76(71,72)73)23-11-9-15-41(66)14-6-5-10-22-58-49(67)31-57)37-65-39(2)44(32-59-65)42-19-20-48(61-50(42)52(69)70)64-24-21-40-13-12-16-43(45(40)33-64)51(68)62-53-60-46-17-7-8-18-47(46)75-53/h7-8,12-13,16-20,32,38H,5-6,9-11,14-15,21-31,33-37H2,1-4H3,(H,58,67)(H,69,70)(H,60,62,68)(H,71,72,73). The van der Waals surface area contributed by atoms with Crippen molar-refractivity contribution in [2.75, 3.05) is 59.7 Å². The van der Waals surface area contributed by atoms with Gasteiger partial charge in [0.2, 0.25) is 5.91 Å². The number of halogens is 1. The number of amides is 2. The van der Waals surface area contributed by atoms with Gasteiger partial charge in [-0.25, -0.2) is 14.8 Å². The number of para-hydroxylation sites is 1. The predicted molar refractivity (Wildman–Crippen MR) is 305 cm³/mol. The first kappa shape index (κ1) is 57.3. The number of ketones is 1. The zero-order valence-electron chi connectivity index (χ0n) is 44.2. The van der Waals surface area contributed by atoms with E-state index >= 15 is 0 Å². The molecule has 20 heteroatoms. The number of fused-ring (bicyclic) bond motifs is 4. The number of benzene rings is 2. The van der Waals surface area contributed by atoms with Crippen molar-refractivity contribution in [2.45, 2.75) is 130 Å². The summed E-state index contributed by atoms with van der Waals surface area (Å²) in [5.41, 5.74) is 4.59. The van der Waals surface area contributed by atoms with Gasteiger partial charge in [0.25, 0.3) is 16.0 Å². The number of aromatic nitrogens is 4. The number of hydrogen-bond donors (Lipinski definition) is 4. The van der Waals surface area contributed by atoms with Crippen molar-refractivity contribution in [1.82, 2.24) is 30.0 Å². The number of carboxylic acids is 1. The molecular weight excluding hydrogens is 1120 g/mol. The molecule has 17 nitrogen and oxygen atoms in total. The number of hydrogen-bond acceptors (Lipinski definition) is 13. The van der Waals surface area contributed by atoms with Gasteiger partial charge in [0, 0.05) is 74.5 Å². The Hall–Kier alpha value is -4.87. The number of unbranched alkanes of at least 4 members (excludes halogenated alkanes) is 3. The number of aromatic carboxylic acids is 1. The first-order valence-electron chi connectivity index (χ1n) is 26.7. The second-order valence-electron chi connectivity index (χ2n) is 22.3. The van der Waals surface area contributed by atoms with E-state index in [9.17, 15) is 37.3 Å². The molecule has 0 radical (unpaired) electrons. The van der Waals surface area contributed by atoms with Gasteiger partial charge in [0.05, 0.1) is 38.8 Å². The number of Topliss-reactive ketones (excluding diaryl/α,β-unsaturated/α-hetero) is 1. The summed E-state index contributed by atoms with van der Waals surface area (Å²) in [6.45, 7) is 12.7. The normalized spacial score (nSPS) is 21.4. The lowest BCUT2D eigenvalue weighted by atomic mass is 9.51. The van der Waals surface area contributed by atoms with Gasteiger partial charge in [-0.2, -0.15) is 13.5 Å². The number of alkyl halides is 1. The van der Waals surface area contributed by atoms with E-state index in [0.29, 0.717) is 116 Å². The first-order chi connectivity index (χ1) is 36.2. The molecule has 2 amide bonds. The highest BCUT2D eigenvalue weighted by Crippen LogP contribution is 2.60. The fourth-order valence-corrected chi connectivity index (χ4v) is 14.5. The Morgan fingerprint density at radius 2 is 1.71 bits per heavy atom. The summed E-state index contributed by atoms with van der Waals surface area (Å²) < 4.78 is 43.8. The molecule has 8 rings (SSSR count). The molecule has 5 aromatic rings. The topological polar surface area (TPSA) is 226 Å². The van der Waals surface area contributed by atoms with E-state index in [2.05, 4.69) is 36.4 Å². The van der Waals surface area contributed by atoms with Crippen LogP contribution in [0.4, 0.5) is 10.9 Å². The monoisotopic (exact) mass is 1190 g/mol. The van der Waals surface area contributed by atoms with E-state index < -0.39 is 21.7 Å². The van der Waals surface area contributed by atoms with Gasteiger partial charge < -0.3 is 20.1 Å². The Bertz CT molecular complexity index is 2990. The minimum atomic E-state index is -4.18. The van der Waals surface area contributed by atoms with Crippen LogP contribution in [0.15, 0.2) is 60.8 Å². The maximum Gasteiger partial charge on any atom is 0.355 e. The number of carboxylic acid groups (broad SMARTS) is 1. The number of thiazole rings is 1. The summed E-state index contributed by atoms with van der Waals surface area (Å²) in [7, 11) is -4.18. The van der Waals surface area contributed by atoms with Crippen LogP contribution in [0.1, 0.15) is 135 Å². The van der Waals surface area contributed by atoms with Crippen molar-refractivity contribution < 1.29 is 42.0 Å². The van der Waals surface area contributed by atoms with Crippen LogP contribution in [0, 0.1) is 23.7 Å². The van der Waals surface area contributed by atoms with Gasteiger partial charge in [0.1, 0.15) is 11.6 Å². The molecule has 4 heterocycles. The number of carbonyl (C=O) groups is 4. The Morgan fingerprint density at radius 3 is 2.47 bits per heavy atom. The van der Waals surface area contributed by atoms with Crippen molar-refractivity contribution >= 4 is 88.8 Å². The molecule has 76 heavy (non-hydrogen) atoms. The lowest BCUT2D eigenvalue weighted by molar-refractivity contribution is -0.179. The van der Waals surface area contributed by atoms with E-state index in [1.165, 1.54) is 11.3 Å².